The van der Waals surface area contributed by atoms with Gasteiger partial charge in [-0.05, 0) is 90.2 Å². The number of allylic oxidation sites excluding steroid dienone is 3. The highest BCUT2D eigenvalue weighted by Crippen LogP contribution is 2.55. The molecule has 0 spiro atoms. The van der Waals surface area contributed by atoms with Gasteiger partial charge in [0.25, 0.3) is 0 Å². The Bertz CT molecular complexity index is 1740. The van der Waals surface area contributed by atoms with Gasteiger partial charge in [-0.2, -0.15) is 0 Å². The molecule has 41 heavy (non-hydrogen) atoms. The van der Waals surface area contributed by atoms with Gasteiger partial charge in [-0.3, -0.25) is 0 Å². The third kappa shape index (κ3) is 4.43. The number of nitrogens with zero attached hydrogens (tertiary/aromatic N) is 2. The fourth-order valence-corrected chi connectivity index (χ4v) is 6.25. The summed E-state index contributed by atoms with van der Waals surface area (Å²) in [6.45, 7) is 15.5. The third-order valence-electron chi connectivity index (χ3n) is 7.93. The van der Waals surface area contributed by atoms with Gasteiger partial charge in [0.1, 0.15) is 0 Å². The second-order valence-electron chi connectivity index (χ2n) is 10.5. The maximum atomic E-state index is 6.06. The summed E-state index contributed by atoms with van der Waals surface area (Å²) in [6.07, 6.45) is 5.74. The lowest BCUT2D eigenvalue weighted by atomic mass is 9.81. The molecule has 204 valence electrons. The van der Waals surface area contributed by atoms with Crippen LogP contribution in [0.25, 0.3) is 11.1 Å². The SMILES string of the molecule is C=C1C2=CCC(C)C=C2N(c2ccc(Br)cc2)c2cc3c(cc21)N(c1ccc(N)cc1)c1ccccc1C3=C.CC. The predicted octanol–water partition coefficient (Wildman–Crippen LogP) is 10.9. The number of hydrogen-bond acceptors (Lipinski definition) is 3. The maximum absolute atomic E-state index is 6.06. The molecule has 1 aliphatic carbocycles. The Morgan fingerprint density at radius 2 is 1.32 bits per heavy atom. The Labute approximate surface area is 251 Å². The summed E-state index contributed by atoms with van der Waals surface area (Å²) in [5.41, 5.74) is 20.2. The molecule has 0 radical (unpaired) electrons. The van der Waals surface area contributed by atoms with E-state index in [4.69, 9.17) is 5.73 Å². The highest BCUT2D eigenvalue weighted by Gasteiger charge is 2.35. The molecule has 0 saturated heterocycles. The molecule has 0 aromatic heterocycles. The average molecular weight is 601 g/mol. The van der Waals surface area contributed by atoms with Crippen molar-refractivity contribution in [1.29, 1.82) is 0 Å². The average Bonchev–Trinajstić information content (AvgIpc) is 3.00. The van der Waals surface area contributed by atoms with Crippen molar-refractivity contribution in [2.75, 3.05) is 15.5 Å². The van der Waals surface area contributed by atoms with Crippen LogP contribution >= 0.6 is 15.9 Å². The minimum Gasteiger partial charge on any atom is -0.399 e. The normalized spacial score (nSPS) is 16.8. The first-order chi connectivity index (χ1) is 19.9. The number of benzene rings is 4. The number of nitrogen functional groups attached to an aromatic ring is 1. The van der Waals surface area contributed by atoms with Gasteiger partial charge in [-0.15, -0.1) is 0 Å². The minimum atomic E-state index is 0.455. The molecule has 7 rings (SSSR count). The lowest BCUT2D eigenvalue weighted by molar-refractivity contribution is 0.720. The van der Waals surface area contributed by atoms with E-state index in [0.717, 1.165) is 72.9 Å². The highest BCUT2D eigenvalue weighted by molar-refractivity contribution is 9.10. The van der Waals surface area contributed by atoms with Gasteiger partial charge >= 0.3 is 0 Å². The molecule has 0 bridgehead atoms. The number of anilines is 6. The number of nitrogens with two attached hydrogens (primary N) is 1. The number of rotatable bonds is 2. The quantitative estimate of drug-likeness (QED) is 0.205. The molecule has 3 nitrogen and oxygen atoms in total. The molecular weight excluding hydrogens is 566 g/mol. The lowest BCUT2D eigenvalue weighted by Gasteiger charge is -2.41. The van der Waals surface area contributed by atoms with E-state index in [0.29, 0.717) is 5.92 Å². The Morgan fingerprint density at radius 3 is 2.02 bits per heavy atom. The van der Waals surface area contributed by atoms with E-state index in [1.54, 1.807) is 0 Å². The summed E-state index contributed by atoms with van der Waals surface area (Å²) in [4.78, 5) is 4.71. The molecule has 4 heteroatoms. The molecular formula is C37H34BrN3. The fraction of sp³-hybridized carbons (Fsp3) is 0.135. The van der Waals surface area contributed by atoms with Crippen LogP contribution in [-0.2, 0) is 0 Å². The predicted molar refractivity (Wildman–Crippen MR) is 180 cm³/mol. The number of hydrogen-bond donors (Lipinski definition) is 1. The van der Waals surface area contributed by atoms with Crippen LogP contribution in [0.4, 0.5) is 34.1 Å². The van der Waals surface area contributed by atoms with E-state index in [2.05, 4.69) is 131 Å². The van der Waals surface area contributed by atoms with Gasteiger partial charge < -0.3 is 15.5 Å². The molecule has 2 aliphatic heterocycles. The summed E-state index contributed by atoms with van der Waals surface area (Å²) < 4.78 is 1.06. The molecule has 3 aliphatic rings. The number of halogens is 1. The van der Waals surface area contributed by atoms with Crippen LogP contribution < -0.4 is 15.5 Å². The van der Waals surface area contributed by atoms with Crippen LogP contribution in [0.2, 0.25) is 0 Å². The molecule has 0 saturated carbocycles. The van der Waals surface area contributed by atoms with Gasteiger partial charge in [-0.25, -0.2) is 0 Å². The van der Waals surface area contributed by atoms with Crippen molar-refractivity contribution >= 4 is 61.2 Å². The fourth-order valence-electron chi connectivity index (χ4n) is 5.98. The van der Waals surface area contributed by atoms with Crippen molar-refractivity contribution in [3.63, 3.8) is 0 Å². The zero-order valence-corrected chi connectivity index (χ0v) is 25.4. The van der Waals surface area contributed by atoms with E-state index in [1.807, 2.05) is 26.0 Å². The summed E-state index contributed by atoms with van der Waals surface area (Å²) in [5.74, 6) is 0.455. The third-order valence-corrected chi connectivity index (χ3v) is 8.46. The lowest BCUT2D eigenvalue weighted by Crippen LogP contribution is -2.27. The van der Waals surface area contributed by atoms with Crippen LogP contribution in [-0.4, -0.2) is 0 Å². The topological polar surface area (TPSA) is 32.5 Å². The molecule has 0 amide bonds. The van der Waals surface area contributed by atoms with Crippen LogP contribution in [0.3, 0.4) is 0 Å². The van der Waals surface area contributed by atoms with E-state index < -0.39 is 0 Å². The van der Waals surface area contributed by atoms with E-state index in [1.165, 1.54) is 11.3 Å². The first-order valence-corrected chi connectivity index (χ1v) is 15.0. The number of fused-ring (bicyclic) bond motifs is 4. The molecule has 0 fully saturated rings. The number of para-hydroxylation sites is 1. The van der Waals surface area contributed by atoms with E-state index >= 15 is 0 Å². The standard InChI is InChI=1S/C35H28BrN3.C2H6/c1-21-8-17-29-23(3)31-19-34-30(20-35(31)39(33(29)18-21)26-13-9-24(36)10-14-26)22(2)28-6-4-5-7-32(28)38(34)27-15-11-25(37)12-16-27;1-2/h4-7,9-21H,2-3,8,37H2,1H3;1-2H3. The first kappa shape index (κ1) is 26.9. The first-order valence-electron chi connectivity index (χ1n) is 14.2. The monoisotopic (exact) mass is 599 g/mol. The van der Waals surface area contributed by atoms with Gasteiger partial charge in [0.2, 0.25) is 0 Å². The zero-order valence-electron chi connectivity index (χ0n) is 23.8. The molecule has 4 aromatic carbocycles. The molecule has 2 heterocycles. The van der Waals surface area contributed by atoms with Crippen molar-refractivity contribution in [2.24, 2.45) is 5.92 Å². The van der Waals surface area contributed by atoms with Crippen molar-refractivity contribution in [1.82, 2.24) is 0 Å². The van der Waals surface area contributed by atoms with Crippen LogP contribution in [0.1, 0.15) is 43.9 Å². The second kappa shape index (κ2) is 10.6. The largest absolute Gasteiger partial charge is 0.399 e. The summed E-state index contributed by atoms with van der Waals surface area (Å²) >= 11 is 3.61. The Kier molecular flexibility index (Phi) is 6.96. The second-order valence-corrected chi connectivity index (χ2v) is 11.4. The Hall–Kier alpha value is -4.28. The van der Waals surface area contributed by atoms with Gasteiger partial charge in [-0.1, -0.05) is 80.2 Å². The molecule has 1 atom stereocenters. The Balaban J connectivity index is 0.00000148. The summed E-state index contributed by atoms with van der Waals surface area (Å²) in [7, 11) is 0. The van der Waals surface area contributed by atoms with Crippen LogP contribution in [0.5, 0.6) is 0 Å². The zero-order chi connectivity index (χ0) is 28.8. The van der Waals surface area contributed by atoms with E-state index in [-0.39, 0.29) is 0 Å². The summed E-state index contributed by atoms with van der Waals surface area (Å²) in [6, 6.07) is 29.7. The van der Waals surface area contributed by atoms with Crippen molar-refractivity contribution in [3.8, 4) is 0 Å². The van der Waals surface area contributed by atoms with Gasteiger partial charge in [0.15, 0.2) is 0 Å². The maximum Gasteiger partial charge on any atom is 0.0548 e. The van der Waals surface area contributed by atoms with Gasteiger partial charge in [0.05, 0.1) is 17.1 Å². The highest BCUT2D eigenvalue weighted by atomic mass is 79.9. The summed E-state index contributed by atoms with van der Waals surface area (Å²) in [5, 5.41) is 0. The van der Waals surface area contributed by atoms with Crippen molar-refractivity contribution in [3.05, 3.63) is 143 Å². The van der Waals surface area contributed by atoms with Gasteiger partial charge in [0, 0.05) is 49.5 Å². The molecule has 2 N–H and O–H groups in total. The van der Waals surface area contributed by atoms with Crippen molar-refractivity contribution in [2.45, 2.75) is 27.2 Å². The molecule has 4 aromatic rings. The van der Waals surface area contributed by atoms with Crippen molar-refractivity contribution < 1.29 is 0 Å². The van der Waals surface area contributed by atoms with E-state index in [9.17, 15) is 0 Å². The van der Waals surface area contributed by atoms with Crippen LogP contribution in [0, 0.1) is 5.92 Å². The smallest absolute Gasteiger partial charge is 0.0548 e. The van der Waals surface area contributed by atoms with Crippen LogP contribution in [0.15, 0.2) is 126 Å². The minimum absolute atomic E-state index is 0.455. The molecule has 1 unspecified atom stereocenters. The Morgan fingerprint density at radius 1 is 0.732 bits per heavy atom.